The van der Waals surface area contributed by atoms with Crippen LogP contribution >= 0.6 is 0 Å². The summed E-state index contributed by atoms with van der Waals surface area (Å²) in [5.41, 5.74) is -0.571. The van der Waals surface area contributed by atoms with Gasteiger partial charge in [-0.15, -0.1) is 6.58 Å². The van der Waals surface area contributed by atoms with E-state index >= 15 is 0 Å². The van der Waals surface area contributed by atoms with E-state index in [1.807, 2.05) is 24.3 Å². The minimum absolute atomic E-state index is 0.106. The van der Waals surface area contributed by atoms with Crippen molar-refractivity contribution in [2.75, 3.05) is 20.8 Å². The third-order valence-corrected chi connectivity index (χ3v) is 7.39. The molecule has 2 saturated carbocycles. The monoisotopic (exact) mass is 581 g/mol. The van der Waals surface area contributed by atoms with Gasteiger partial charge in [0.25, 0.3) is 0 Å². The molecule has 1 heterocycles. The van der Waals surface area contributed by atoms with Crippen molar-refractivity contribution in [3.05, 3.63) is 43.0 Å². The van der Waals surface area contributed by atoms with Gasteiger partial charge in [-0.25, -0.2) is 4.79 Å². The Hall–Kier alpha value is -4.15. The van der Waals surface area contributed by atoms with Crippen LogP contribution < -0.4 is 19.5 Å². The predicted octanol–water partition coefficient (Wildman–Crippen LogP) is 3.90. The van der Waals surface area contributed by atoms with Crippen LogP contribution in [0.1, 0.15) is 47.0 Å². The lowest BCUT2D eigenvalue weighted by Gasteiger charge is -2.25. The fraction of sp³-hybridized carbons (Fsp3) is 0.516. The number of rotatable bonds is 11. The van der Waals surface area contributed by atoms with Crippen molar-refractivity contribution < 1.29 is 38.1 Å². The van der Waals surface area contributed by atoms with Gasteiger partial charge in [0.2, 0.25) is 11.8 Å². The van der Waals surface area contributed by atoms with Crippen molar-refractivity contribution in [3.63, 3.8) is 0 Å². The highest BCUT2D eigenvalue weighted by Gasteiger charge is 2.62. The number of aromatic nitrogens is 2. The minimum Gasteiger partial charge on any atom is -0.497 e. The maximum Gasteiger partial charge on any atom is 0.332 e. The number of hydrogen-bond acceptors (Lipinski definition) is 10. The molecule has 0 unspecified atom stereocenters. The van der Waals surface area contributed by atoms with Crippen molar-refractivity contribution in [1.82, 2.24) is 15.3 Å². The normalized spacial score (nSPS) is 24.7. The fourth-order valence-corrected chi connectivity index (χ4v) is 5.23. The van der Waals surface area contributed by atoms with Crippen LogP contribution in [0.3, 0.4) is 0 Å². The number of carbonyl (C=O) groups is 3. The van der Waals surface area contributed by atoms with E-state index < -0.39 is 46.9 Å². The number of nitrogens with zero attached hydrogens (tertiary/aromatic N) is 2. The number of carbonyl (C=O) groups excluding carboxylic acids is 3. The van der Waals surface area contributed by atoms with E-state index in [9.17, 15) is 14.4 Å². The molecule has 11 heteroatoms. The summed E-state index contributed by atoms with van der Waals surface area (Å²) in [5.74, 6) is -2.36. The zero-order chi connectivity index (χ0) is 30.7. The molecule has 4 rings (SSSR count). The van der Waals surface area contributed by atoms with Crippen LogP contribution in [-0.4, -0.2) is 65.9 Å². The molecular formula is C31H39N3O8. The topological polar surface area (TPSA) is 135 Å². The maximum atomic E-state index is 13.7. The number of nitrogens with one attached hydrogen (secondary N) is 1. The molecule has 226 valence electrons. The third-order valence-electron chi connectivity index (χ3n) is 7.39. The lowest BCUT2D eigenvalue weighted by molar-refractivity contribution is -0.163. The standard InChI is InChI=1S/C31H39N3O8/c1-8-19-17-31(19,28(37)40-9-2)34-26(35)22-14-21(15-23(22)27(36)42-30(3,4)5)41-25-16-24(32-29(33-25)39-7)18-10-12-20(38-6)13-11-18/h8,10-13,16,19,21-23H,1,9,14-15,17H2,2-7H3,(H,34,35)/t19-,21-,22-,23-,31-/m1/s1. The van der Waals surface area contributed by atoms with Crippen molar-refractivity contribution in [2.45, 2.75) is 64.2 Å². The van der Waals surface area contributed by atoms with Gasteiger partial charge in [-0.2, -0.15) is 9.97 Å². The fourth-order valence-electron chi connectivity index (χ4n) is 5.23. The van der Waals surface area contributed by atoms with Crippen LogP contribution in [0.5, 0.6) is 17.6 Å². The summed E-state index contributed by atoms with van der Waals surface area (Å²) in [4.78, 5) is 48.5. The summed E-state index contributed by atoms with van der Waals surface area (Å²) in [5, 5.41) is 2.88. The Morgan fingerprint density at radius 1 is 1.07 bits per heavy atom. The number of amides is 1. The Bertz CT molecular complexity index is 1320. The highest BCUT2D eigenvalue weighted by Crippen LogP contribution is 2.46. The lowest BCUT2D eigenvalue weighted by Crippen LogP contribution is -2.49. The molecule has 0 radical (unpaired) electrons. The molecule has 1 aromatic heterocycles. The molecule has 1 N–H and O–H groups in total. The van der Waals surface area contributed by atoms with Gasteiger partial charge >= 0.3 is 17.9 Å². The van der Waals surface area contributed by atoms with Gasteiger partial charge in [0, 0.05) is 17.5 Å². The number of hydrogen-bond donors (Lipinski definition) is 1. The highest BCUT2D eigenvalue weighted by atomic mass is 16.6. The molecule has 0 aliphatic heterocycles. The molecule has 0 spiro atoms. The van der Waals surface area contributed by atoms with E-state index in [0.717, 1.165) is 5.56 Å². The number of methoxy groups -OCH3 is 2. The second kappa shape index (κ2) is 12.4. The first-order valence-electron chi connectivity index (χ1n) is 14.0. The van der Waals surface area contributed by atoms with E-state index in [2.05, 4.69) is 21.9 Å². The van der Waals surface area contributed by atoms with Gasteiger partial charge in [-0.1, -0.05) is 6.08 Å². The first-order chi connectivity index (χ1) is 19.9. The third kappa shape index (κ3) is 6.83. The quantitative estimate of drug-likeness (QED) is 0.307. The van der Waals surface area contributed by atoms with E-state index in [-0.39, 0.29) is 37.3 Å². The average molecular weight is 582 g/mol. The Kier molecular flexibility index (Phi) is 9.08. The molecule has 1 aromatic carbocycles. The van der Waals surface area contributed by atoms with Crippen LogP contribution in [0.15, 0.2) is 43.0 Å². The van der Waals surface area contributed by atoms with Crippen LogP contribution in [0, 0.1) is 17.8 Å². The second-order valence-electron chi connectivity index (χ2n) is 11.5. The summed E-state index contributed by atoms with van der Waals surface area (Å²) in [7, 11) is 3.05. The van der Waals surface area contributed by atoms with Gasteiger partial charge in [0.15, 0.2) is 0 Å². The van der Waals surface area contributed by atoms with E-state index in [1.54, 1.807) is 46.9 Å². The lowest BCUT2D eigenvalue weighted by atomic mass is 9.94. The predicted molar refractivity (Wildman–Crippen MR) is 153 cm³/mol. The molecule has 1 amide bonds. The molecule has 2 aliphatic carbocycles. The van der Waals surface area contributed by atoms with Gasteiger partial charge in [0.05, 0.1) is 38.4 Å². The zero-order valence-corrected chi connectivity index (χ0v) is 25.0. The zero-order valence-electron chi connectivity index (χ0n) is 25.0. The van der Waals surface area contributed by atoms with E-state index in [4.69, 9.17) is 23.7 Å². The van der Waals surface area contributed by atoms with Crippen molar-refractivity contribution in [3.8, 4) is 28.9 Å². The largest absolute Gasteiger partial charge is 0.497 e. The molecule has 42 heavy (non-hydrogen) atoms. The molecular weight excluding hydrogens is 542 g/mol. The number of esters is 2. The molecule has 2 fully saturated rings. The molecule has 0 saturated heterocycles. The van der Waals surface area contributed by atoms with Crippen LogP contribution in [0.4, 0.5) is 0 Å². The Morgan fingerprint density at radius 3 is 2.33 bits per heavy atom. The van der Waals surface area contributed by atoms with Crippen LogP contribution in [0.25, 0.3) is 11.3 Å². The van der Waals surface area contributed by atoms with Gasteiger partial charge in [0.1, 0.15) is 23.0 Å². The van der Waals surface area contributed by atoms with Crippen LogP contribution in [0.2, 0.25) is 0 Å². The van der Waals surface area contributed by atoms with E-state index in [0.29, 0.717) is 17.9 Å². The first kappa shape index (κ1) is 30.8. The average Bonchev–Trinajstić information content (AvgIpc) is 3.51. The molecule has 0 bridgehead atoms. The van der Waals surface area contributed by atoms with Gasteiger partial charge < -0.3 is 29.0 Å². The van der Waals surface area contributed by atoms with Crippen molar-refractivity contribution in [1.29, 1.82) is 0 Å². The molecule has 2 aromatic rings. The van der Waals surface area contributed by atoms with Crippen LogP contribution in [-0.2, 0) is 23.9 Å². The summed E-state index contributed by atoms with van der Waals surface area (Å²) in [6, 6.07) is 9.12. The number of ether oxygens (including phenoxy) is 5. The maximum absolute atomic E-state index is 13.7. The van der Waals surface area contributed by atoms with Gasteiger partial charge in [-0.05, 0) is 71.2 Å². The molecule has 11 nitrogen and oxygen atoms in total. The summed E-state index contributed by atoms with van der Waals surface area (Å²) in [6.45, 7) is 11.0. The molecule has 5 atom stereocenters. The first-order valence-corrected chi connectivity index (χ1v) is 14.0. The Morgan fingerprint density at radius 2 is 1.76 bits per heavy atom. The Labute approximate surface area is 245 Å². The van der Waals surface area contributed by atoms with E-state index in [1.165, 1.54) is 7.11 Å². The van der Waals surface area contributed by atoms with Crippen molar-refractivity contribution in [2.24, 2.45) is 17.8 Å². The highest BCUT2D eigenvalue weighted by molar-refractivity contribution is 5.94. The summed E-state index contributed by atoms with van der Waals surface area (Å²) >= 11 is 0. The SMILES string of the molecule is C=C[C@@H]1C[C@]1(NC(=O)[C@@H]1C[C@@H](Oc2cc(-c3ccc(OC)cc3)nc(OC)n2)C[C@H]1C(=O)OC(C)(C)C)C(=O)OCC. The minimum atomic E-state index is -1.18. The Balaban J connectivity index is 1.57. The smallest absolute Gasteiger partial charge is 0.332 e. The van der Waals surface area contributed by atoms with Crippen molar-refractivity contribution >= 4 is 17.8 Å². The number of benzene rings is 1. The summed E-state index contributed by atoms with van der Waals surface area (Å²) < 4.78 is 27.7. The second-order valence-corrected chi connectivity index (χ2v) is 11.5. The summed E-state index contributed by atoms with van der Waals surface area (Å²) in [6.07, 6.45) is 1.90. The van der Waals surface area contributed by atoms with Gasteiger partial charge in [-0.3, -0.25) is 9.59 Å². The molecule has 2 aliphatic rings.